The van der Waals surface area contributed by atoms with Crippen molar-refractivity contribution in [3.63, 3.8) is 0 Å². The van der Waals surface area contributed by atoms with Crippen molar-refractivity contribution in [2.24, 2.45) is 0 Å². The maximum atomic E-state index is 5.69. The number of rotatable bonds is 4. The molecule has 1 aromatic heterocycles. The first-order valence-electron chi connectivity index (χ1n) is 6.07. The molecule has 5 heteroatoms. The molecule has 17 heavy (non-hydrogen) atoms. The van der Waals surface area contributed by atoms with Crippen LogP contribution in [0.3, 0.4) is 0 Å². The van der Waals surface area contributed by atoms with Crippen molar-refractivity contribution < 1.29 is 4.74 Å². The van der Waals surface area contributed by atoms with Crippen LogP contribution < -0.4 is 5.32 Å². The third kappa shape index (κ3) is 3.21. The Morgan fingerprint density at radius 1 is 1.59 bits per heavy atom. The molecule has 1 saturated heterocycles. The Morgan fingerprint density at radius 3 is 3.18 bits per heavy atom. The maximum absolute atomic E-state index is 5.69. The van der Waals surface area contributed by atoms with Gasteiger partial charge in [0.2, 0.25) is 0 Å². The number of nitrogens with zero attached hydrogens (tertiary/aromatic N) is 3. The summed E-state index contributed by atoms with van der Waals surface area (Å²) in [5, 5.41) is 3.16. The monoisotopic (exact) mass is 236 g/mol. The summed E-state index contributed by atoms with van der Waals surface area (Å²) in [6, 6.07) is 0.298. The molecule has 0 aliphatic carbocycles. The Labute approximate surface area is 102 Å². The normalized spacial score (nSPS) is 23.5. The molecule has 2 rings (SSSR count). The van der Waals surface area contributed by atoms with Gasteiger partial charge in [-0.25, -0.2) is 0 Å². The quantitative estimate of drug-likeness (QED) is 0.823. The molecule has 0 amide bonds. The van der Waals surface area contributed by atoms with Crippen molar-refractivity contribution in [3.8, 4) is 0 Å². The molecule has 94 valence electrons. The SMILES string of the molecule is CNCC1CN(C(C)c2cnccn2)CCO1. The van der Waals surface area contributed by atoms with Gasteiger partial charge in [0.15, 0.2) is 0 Å². The molecule has 1 fully saturated rings. The van der Waals surface area contributed by atoms with Crippen molar-refractivity contribution in [2.75, 3.05) is 33.3 Å². The molecule has 1 N–H and O–H groups in total. The van der Waals surface area contributed by atoms with Crippen molar-refractivity contribution >= 4 is 0 Å². The highest BCUT2D eigenvalue weighted by molar-refractivity contribution is 5.01. The molecular formula is C12H20N4O. The van der Waals surface area contributed by atoms with Gasteiger partial charge in [-0.3, -0.25) is 14.9 Å². The van der Waals surface area contributed by atoms with Crippen LogP contribution >= 0.6 is 0 Å². The first kappa shape index (κ1) is 12.4. The molecule has 0 aromatic carbocycles. The Bertz CT molecular complexity index is 331. The summed E-state index contributed by atoms with van der Waals surface area (Å²) >= 11 is 0. The number of nitrogens with one attached hydrogen (secondary N) is 1. The van der Waals surface area contributed by atoms with E-state index in [4.69, 9.17) is 4.74 Å². The number of likely N-dealkylation sites (N-methyl/N-ethyl adjacent to an activating group) is 1. The number of hydrogen-bond acceptors (Lipinski definition) is 5. The number of ether oxygens (including phenoxy) is 1. The lowest BCUT2D eigenvalue weighted by Gasteiger charge is -2.36. The van der Waals surface area contributed by atoms with Gasteiger partial charge in [0, 0.05) is 38.2 Å². The van der Waals surface area contributed by atoms with Gasteiger partial charge in [0.1, 0.15) is 0 Å². The van der Waals surface area contributed by atoms with E-state index in [9.17, 15) is 0 Å². The molecule has 0 bridgehead atoms. The molecule has 0 radical (unpaired) electrons. The van der Waals surface area contributed by atoms with Gasteiger partial charge in [0.05, 0.1) is 24.4 Å². The summed E-state index contributed by atoms with van der Waals surface area (Å²) in [4.78, 5) is 10.9. The average Bonchev–Trinajstić information content (AvgIpc) is 2.40. The molecule has 5 nitrogen and oxygen atoms in total. The van der Waals surface area contributed by atoms with E-state index in [-0.39, 0.29) is 6.10 Å². The lowest BCUT2D eigenvalue weighted by atomic mass is 10.1. The first-order valence-corrected chi connectivity index (χ1v) is 6.07. The first-order chi connectivity index (χ1) is 8.31. The fourth-order valence-corrected chi connectivity index (χ4v) is 2.16. The highest BCUT2D eigenvalue weighted by Crippen LogP contribution is 2.19. The van der Waals surface area contributed by atoms with Crippen LogP contribution in [0.1, 0.15) is 18.7 Å². The molecule has 1 aliphatic heterocycles. The lowest BCUT2D eigenvalue weighted by molar-refractivity contribution is -0.0398. The van der Waals surface area contributed by atoms with Gasteiger partial charge in [0.25, 0.3) is 0 Å². The summed E-state index contributed by atoms with van der Waals surface area (Å²) in [6.07, 6.45) is 5.57. The minimum Gasteiger partial charge on any atom is -0.374 e. The van der Waals surface area contributed by atoms with E-state index in [2.05, 4.69) is 27.1 Å². The Hall–Kier alpha value is -1.04. The molecular weight excluding hydrogens is 216 g/mol. The lowest BCUT2D eigenvalue weighted by Crippen LogP contribution is -2.47. The van der Waals surface area contributed by atoms with Crippen LogP contribution in [0.15, 0.2) is 18.6 Å². The largest absolute Gasteiger partial charge is 0.374 e. The van der Waals surface area contributed by atoms with Crippen molar-refractivity contribution in [1.82, 2.24) is 20.2 Å². The van der Waals surface area contributed by atoms with Crippen LogP contribution in [0.25, 0.3) is 0 Å². The number of hydrogen-bond donors (Lipinski definition) is 1. The summed E-state index contributed by atoms with van der Waals surface area (Å²) in [6.45, 7) is 5.75. The molecule has 2 atom stereocenters. The van der Waals surface area contributed by atoms with Gasteiger partial charge in [-0.05, 0) is 14.0 Å². The van der Waals surface area contributed by atoms with Gasteiger partial charge in [-0.2, -0.15) is 0 Å². The van der Waals surface area contributed by atoms with Gasteiger partial charge >= 0.3 is 0 Å². The van der Waals surface area contributed by atoms with E-state index in [0.717, 1.165) is 31.9 Å². The molecule has 0 spiro atoms. The Kier molecular flexibility index (Phi) is 4.42. The number of morpholine rings is 1. The zero-order valence-corrected chi connectivity index (χ0v) is 10.5. The third-order valence-corrected chi connectivity index (χ3v) is 3.16. The van der Waals surface area contributed by atoms with Crippen LogP contribution in [0.2, 0.25) is 0 Å². The Balaban J connectivity index is 1.97. The Morgan fingerprint density at radius 2 is 2.47 bits per heavy atom. The summed E-state index contributed by atoms with van der Waals surface area (Å²) in [5.41, 5.74) is 1.03. The van der Waals surface area contributed by atoms with Crippen LogP contribution in [0.5, 0.6) is 0 Å². The highest BCUT2D eigenvalue weighted by Gasteiger charge is 2.25. The minimum absolute atomic E-state index is 0.271. The van der Waals surface area contributed by atoms with Crippen LogP contribution in [0.4, 0.5) is 0 Å². The second kappa shape index (κ2) is 6.05. The topological polar surface area (TPSA) is 50.3 Å². The van der Waals surface area contributed by atoms with Crippen LogP contribution in [-0.2, 0) is 4.74 Å². The zero-order valence-electron chi connectivity index (χ0n) is 10.5. The van der Waals surface area contributed by atoms with E-state index in [1.807, 2.05) is 13.2 Å². The van der Waals surface area contributed by atoms with E-state index in [1.54, 1.807) is 12.4 Å². The second-order valence-electron chi connectivity index (χ2n) is 4.35. The molecule has 2 unspecified atom stereocenters. The fraction of sp³-hybridized carbons (Fsp3) is 0.667. The molecule has 0 saturated carbocycles. The smallest absolute Gasteiger partial charge is 0.0826 e. The maximum Gasteiger partial charge on any atom is 0.0826 e. The van der Waals surface area contributed by atoms with Gasteiger partial charge < -0.3 is 10.1 Å². The van der Waals surface area contributed by atoms with E-state index >= 15 is 0 Å². The van der Waals surface area contributed by atoms with Crippen molar-refractivity contribution in [2.45, 2.75) is 19.1 Å². The number of aromatic nitrogens is 2. The average molecular weight is 236 g/mol. The van der Waals surface area contributed by atoms with Crippen molar-refractivity contribution in [3.05, 3.63) is 24.3 Å². The van der Waals surface area contributed by atoms with Gasteiger partial charge in [-0.15, -0.1) is 0 Å². The summed E-state index contributed by atoms with van der Waals surface area (Å²) < 4.78 is 5.69. The van der Waals surface area contributed by atoms with E-state index in [1.165, 1.54) is 0 Å². The second-order valence-corrected chi connectivity index (χ2v) is 4.35. The summed E-state index contributed by atoms with van der Waals surface area (Å²) in [5.74, 6) is 0. The molecule has 1 aliphatic rings. The fourth-order valence-electron chi connectivity index (χ4n) is 2.16. The zero-order chi connectivity index (χ0) is 12.1. The predicted molar refractivity (Wildman–Crippen MR) is 65.7 cm³/mol. The van der Waals surface area contributed by atoms with Crippen LogP contribution in [-0.4, -0.2) is 54.3 Å². The summed E-state index contributed by atoms with van der Waals surface area (Å²) in [7, 11) is 1.95. The highest BCUT2D eigenvalue weighted by atomic mass is 16.5. The molecule has 2 heterocycles. The van der Waals surface area contributed by atoms with Crippen LogP contribution in [0, 0.1) is 0 Å². The van der Waals surface area contributed by atoms with Gasteiger partial charge in [-0.1, -0.05) is 0 Å². The standard InChI is InChI=1S/C12H20N4O/c1-10(12-8-14-3-4-15-12)16-5-6-17-11(9-16)7-13-2/h3-4,8,10-11,13H,5-7,9H2,1-2H3. The van der Waals surface area contributed by atoms with E-state index < -0.39 is 0 Å². The van der Waals surface area contributed by atoms with E-state index in [0.29, 0.717) is 6.04 Å². The third-order valence-electron chi connectivity index (χ3n) is 3.16. The van der Waals surface area contributed by atoms with Crippen molar-refractivity contribution in [1.29, 1.82) is 0 Å². The molecule has 1 aromatic rings. The predicted octanol–water partition coefficient (Wildman–Crippen LogP) is 0.458. The minimum atomic E-state index is 0.271.